The zero-order valence-corrected chi connectivity index (χ0v) is 20.7. The number of nitrogens with zero attached hydrogens (tertiary/aromatic N) is 4. The Morgan fingerprint density at radius 1 is 1.03 bits per heavy atom. The van der Waals surface area contributed by atoms with Gasteiger partial charge in [0.25, 0.3) is 5.56 Å². The van der Waals surface area contributed by atoms with Crippen LogP contribution in [0.2, 0.25) is 0 Å². The molecule has 2 heterocycles. The summed E-state index contributed by atoms with van der Waals surface area (Å²) in [4.78, 5) is 51.9. The molecule has 1 N–H and O–H groups in total. The molecule has 0 unspecified atom stereocenters. The fraction of sp³-hybridized carbons (Fsp3) is 0.269. The molecule has 0 atom stereocenters. The molecule has 192 valence electrons. The van der Waals surface area contributed by atoms with Crippen molar-refractivity contribution in [3.8, 4) is 0 Å². The molecule has 0 saturated heterocycles. The summed E-state index contributed by atoms with van der Waals surface area (Å²) < 4.78 is 22.1. The molecule has 0 aliphatic carbocycles. The Balaban J connectivity index is 1.74. The van der Waals surface area contributed by atoms with Gasteiger partial charge in [0.1, 0.15) is 17.9 Å². The minimum atomic E-state index is -0.698. The van der Waals surface area contributed by atoms with E-state index in [4.69, 9.17) is 4.74 Å². The van der Waals surface area contributed by atoms with E-state index in [0.29, 0.717) is 23.5 Å². The van der Waals surface area contributed by atoms with Gasteiger partial charge in [-0.25, -0.2) is 14.0 Å². The fourth-order valence-corrected chi connectivity index (χ4v) is 4.13. The lowest BCUT2D eigenvalue weighted by atomic mass is 10.2. The number of amides is 1. The van der Waals surface area contributed by atoms with Gasteiger partial charge in [0, 0.05) is 12.2 Å². The third kappa shape index (κ3) is 5.20. The SMILES string of the molecule is CCOC(=O)c1cccc(NC(=O)Cn2c(=O)n(Cc3ccc(F)cc3)c(=O)c3c2c(C)nn3CC)c1. The van der Waals surface area contributed by atoms with E-state index < -0.39 is 35.5 Å². The number of aryl methyl sites for hydroxylation is 2. The Morgan fingerprint density at radius 3 is 2.43 bits per heavy atom. The summed E-state index contributed by atoms with van der Waals surface area (Å²) in [5.74, 6) is -1.50. The van der Waals surface area contributed by atoms with Gasteiger partial charge in [-0.05, 0) is 56.7 Å². The molecule has 0 aliphatic rings. The highest BCUT2D eigenvalue weighted by atomic mass is 19.1. The summed E-state index contributed by atoms with van der Waals surface area (Å²) in [6.07, 6.45) is 0. The van der Waals surface area contributed by atoms with Crippen LogP contribution in [0.1, 0.15) is 35.5 Å². The molecule has 2 aromatic heterocycles. The molecule has 10 nitrogen and oxygen atoms in total. The highest BCUT2D eigenvalue weighted by molar-refractivity contribution is 5.95. The average molecular weight is 508 g/mol. The van der Waals surface area contributed by atoms with Crippen molar-refractivity contribution in [1.82, 2.24) is 18.9 Å². The van der Waals surface area contributed by atoms with Crippen molar-refractivity contribution in [2.24, 2.45) is 0 Å². The molecule has 0 aliphatic heterocycles. The number of hydrogen-bond acceptors (Lipinski definition) is 6. The molecule has 11 heteroatoms. The van der Waals surface area contributed by atoms with Crippen LogP contribution in [0.3, 0.4) is 0 Å². The smallest absolute Gasteiger partial charge is 0.338 e. The number of fused-ring (bicyclic) bond motifs is 1. The van der Waals surface area contributed by atoms with E-state index in [2.05, 4.69) is 10.4 Å². The second kappa shape index (κ2) is 10.6. The van der Waals surface area contributed by atoms with Crippen LogP contribution in [0.25, 0.3) is 11.0 Å². The number of hydrogen-bond donors (Lipinski definition) is 1. The zero-order chi connectivity index (χ0) is 26.7. The molecule has 4 aromatic rings. The molecular formula is C26H26FN5O5. The first kappa shape index (κ1) is 25.5. The third-order valence-electron chi connectivity index (χ3n) is 5.79. The average Bonchev–Trinajstić information content (AvgIpc) is 3.22. The van der Waals surface area contributed by atoms with Gasteiger partial charge in [-0.3, -0.25) is 23.4 Å². The van der Waals surface area contributed by atoms with E-state index in [0.717, 1.165) is 4.57 Å². The van der Waals surface area contributed by atoms with Crippen molar-refractivity contribution in [2.75, 3.05) is 11.9 Å². The van der Waals surface area contributed by atoms with Crippen LogP contribution < -0.4 is 16.6 Å². The summed E-state index contributed by atoms with van der Waals surface area (Å²) in [6.45, 7) is 5.25. The number of benzene rings is 2. The molecule has 1 amide bonds. The van der Waals surface area contributed by atoms with Gasteiger partial charge < -0.3 is 10.1 Å². The standard InChI is InChI=1S/C26H26FN5O5/c1-4-32-23-22(16(3)29-32)30(26(36)31(24(23)34)14-17-9-11-19(27)12-10-17)15-21(33)28-20-8-6-7-18(13-20)25(35)37-5-2/h6-13H,4-5,14-15H2,1-3H3,(H,28,33). The van der Waals surface area contributed by atoms with Crippen LogP contribution in [0, 0.1) is 12.7 Å². The Morgan fingerprint density at radius 2 is 1.76 bits per heavy atom. The number of aromatic nitrogens is 4. The maximum absolute atomic E-state index is 13.5. The van der Waals surface area contributed by atoms with Crippen molar-refractivity contribution < 1.29 is 18.7 Å². The maximum atomic E-state index is 13.5. The number of esters is 1. The zero-order valence-electron chi connectivity index (χ0n) is 20.7. The Hall–Kier alpha value is -4.54. The first-order chi connectivity index (χ1) is 17.7. The number of rotatable bonds is 8. The van der Waals surface area contributed by atoms with E-state index in [9.17, 15) is 23.6 Å². The number of halogens is 1. The largest absolute Gasteiger partial charge is 0.462 e. The predicted octanol–water partition coefficient (Wildman–Crippen LogP) is 2.69. The van der Waals surface area contributed by atoms with Crippen molar-refractivity contribution in [3.63, 3.8) is 0 Å². The first-order valence-electron chi connectivity index (χ1n) is 11.8. The van der Waals surface area contributed by atoms with E-state index in [1.807, 2.05) is 6.92 Å². The van der Waals surface area contributed by atoms with Gasteiger partial charge in [-0.15, -0.1) is 0 Å². The Labute approximate surface area is 210 Å². The van der Waals surface area contributed by atoms with Crippen molar-refractivity contribution in [1.29, 1.82) is 0 Å². The second-order valence-corrected chi connectivity index (χ2v) is 8.33. The minimum absolute atomic E-state index is 0.106. The number of carbonyl (C=O) groups excluding carboxylic acids is 2. The molecule has 4 rings (SSSR count). The van der Waals surface area contributed by atoms with Gasteiger partial charge in [-0.1, -0.05) is 18.2 Å². The normalized spacial score (nSPS) is 11.0. The summed E-state index contributed by atoms with van der Waals surface area (Å²) in [5, 5.41) is 7.07. The van der Waals surface area contributed by atoms with E-state index >= 15 is 0 Å². The quantitative estimate of drug-likeness (QED) is 0.367. The second-order valence-electron chi connectivity index (χ2n) is 8.33. The van der Waals surface area contributed by atoms with Crippen LogP contribution in [-0.2, 0) is 29.2 Å². The van der Waals surface area contributed by atoms with E-state index in [1.165, 1.54) is 39.6 Å². The minimum Gasteiger partial charge on any atom is -0.462 e. The lowest BCUT2D eigenvalue weighted by molar-refractivity contribution is -0.116. The van der Waals surface area contributed by atoms with E-state index in [1.54, 1.807) is 32.0 Å². The number of ether oxygens (including phenoxy) is 1. The van der Waals surface area contributed by atoms with Crippen LogP contribution >= 0.6 is 0 Å². The maximum Gasteiger partial charge on any atom is 0.338 e. The topological polar surface area (TPSA) is 117 Å². The van der Waals surface area contributed by atoms with Gasteiger partial charge in [0.05, 0.1) is 24.4 Å². The van der Waals surface area contributed by atoms with Crippen LogP contribution in [-0.4, -0.2) is 37.4 Å². The molecule has 0 spiro atoms. The third-order valence-corrected chi connectivity index (χ3v) is 5.79. The van der Waals surface area contributed by atoms with Crippen molar-refractivity contribution in [2.45, 2.75) is 40.4 Å². The highest BCUT2D eigenvalue weighted by Gasteiger charge is 2.22. The van der Waals surface area contributed by atoms with E-state index in [-0.39, 0.29) is 29.7 Å². The number of carbonyl (C=O) groups is 2. The van der Waals surface area contributed by atoms with Gasteiger partial charge in [0.2, 0.25) is 5.91 Å². The molecule has 0 fully saturated rings. The lowest BCUT2D eigenvalue weighted by Gasteiger charge is -2.14. The number of anilines is 1. The molecular weight excluding hydrogens is 481 g/mol. The summed E-state index contributed by atoms with van der Waals surface area (Å²) in [7, 11) is 0. The van der Waals surface area contributed by atoms with Gasteiger partial charge >= 0.3 is 11.7 Å². The van der Waals surface area contributed by atoms with Crippen LogP contribution in [0.4, 0.5) is 10.1 Å². The molecule has 37 heavy (non-hydrogen) atoms. The van der Waals surface area contributed by atoms with Crippen molar-refractivity contribution >= 4 is 28.6 Å². The Bertz CT molecular complexity index is 1600. The molecule has 0 saturated carbocycles. The van der Waals surface area contributed by atoms with Crippen LogP contribution in [0.5, 0.6) is 0 Å². The monoisotopic (exact) mass is 507 g/mol. The number of nitrogens with one attached hydrogen (secondary N) is 1. The molecule has 2 aromatic carbocycles. The summed E-state index contributed by atoms with van der Waals surface area (Å²) >= 11 is 0. The van der Waals surface area contributed by atoms with Crippen molar-refractivity contribution in [3.05, 3.63) is 92.0 Å². The summed E-state index contributed by atoms with van der Waals surface area (Å²) in [5.41, 5.74) is 0.804. The first-order valence-corrected chi connectivity index (χ1v) is 11.8. The highest BCUT2D eigenvalue weighted by Crippen LogP contribution is 2.16. The molecule has 0 radical (unpaired) electrons. The predicted molar refractivity (Wildman–Crippen MR) is 135 cm³/mol. The van der Waals surface area contributed by atoms with Gasteiger partial charge in [0.15, 0.2) is 5.52 Å². The Kier molecular flexibility index (Phi) is 7.32. The lowest BCUT2D eigenvalue weighted by Crippen LogP contribution is -2.42. The fourth-order valence-electron chi connectivity index (χ4n) is 4.13. The summed E-state index contributed by atoms with van der Waals surface area (Å²) in [6, 6.07) is 11.7. The molecule has 0 bridgehead atoms. The van der Waals surface area contributed by atoms with Gasteiger partial charge in [-0.2, -0.15) is 5.10 Å². The van der Waals surface area contributed by atoms with Crippen LogP contribution in [0.15, 0.2) is 58.1 Å².